The number of ether oxygens (including phenoxy) is 1. The summed E-state index contributed by atoms with van der Waals surface area (Å²) >= 11 is 0. The molecular weight excluding hydrogens is 414 g/mol. The van der Waals surface area contributed by atoms with E-state index >= 15 is 0 Å². The van der Waals surface area contributed by atoms with Crippen molar-refractivity contribution in [3.63, 3.8) is 0 Å². The lowest BCUT2D eigenvalue weighted by Gasteiger charge is -2.37. The number of nitrogens with two attached hydrogens (primary N) is 1. The number of piperidine rings is 1. The normalized spacial score (nSPS) is 21.9. The zero-order valence-corrected chi connectivity index (χ0v) is 19.1. The van der Waals surface area contributed by atoms with Gasteiger partial charge in [-0.3, -0.25) is 14.8 Å². The maximum absolute atomic E-state index is 13.2. The van der Waals surface area contributed by atoms with Crippen LogP contribution in [0.4, 0.5) is 5.69 Å². The van der Waals surface area contributed by atoms with Crippen molar-refractivity contribution in [2.75, 3.05) is 31.2 Å². The molecule has 5 rings (SSSR count). The van der Waals surface area contributed by atoms with Gasteiger partial charge in [0.15, 0.2) is 5.78 Å². The van der Waals surface area contributed by atoms with Crippen molar-refractivity contribution in [1.82, 2.24) is 15.0 Å². The van der Waals surface area contributed by atoms with Crippen molar-refractivity contribution < 1.29 is 9.53 Å². The molecule has 2 N–H and O–H groups in total. The highest BCUT2D eigenvalue weighted by Crippen LogP contribution is 2.29. The van der Waals surface area contributed by atoms with Crippen molar-refractivity contribution >= 4 is 22.5 Å². The lowest BCUT2D eigenvalue weighted by Crippen LogP contribution is -2.46. The predicted molar refractivity (Wildman–Crippen MR) is 129 cm³/mol. The Morgan fingerprint density at radius 1 is 1.15 bits per heavy atom. The Bertz CT molecular complexity index is 1130. The fourth-order valence-electron chi connectivity index (χ4n) is 5.16. The molecule has 2 aliphatic rings. The maximum Gasteiger partial charge on any atom is 0.185 e. The summed E-state index contributed by atoms with van der Waals surface area (Å²) in [6.07, 6.45) is 8.79. The van der Waals surface area contributed by atoms with E-state index in [-0.39, 0.29) is 18.2 Å². The summed E-state index contributed by atoms with van der Waals surface area (Å²) in [5.41, 5.74) is 11.4. The first kappa shape index (κ1) is 21.9. The smallest absolute Gasteiger partial charge is 0.185 e. The number of aromatic nitrogens is 3. The number of hydrogen-bond donors (Lipinski definition) is 1. The van der Waals surface area contributed by atoms with Gasteiger partial charge in [-0.1, -0.05) is 6.92 Å². The number of pyridine rings is 3. The summed E-state index contributed by atoms with van der Waals surface area (Å²) in [5.74, 6) is 0.940. The highest BCUT2D eigenvalue weighted by molar-refractivity contribution is 5.98. The molecule has 2 atom stereocenters. The predicted octanol–water partition coefficient (Wildman–Crippen LogP) is 3.52. The molecule has 0 unspecified atom stereocenters. The molecule has 2 fully saturated rings. The Hall–Kier alpha value is -2.90. The summed E-state index contributed by atoms with van der Waals surface area (Å²) in [7, 11) is 0. The van der Waals surface area contributed by atoms with E-state index in [0.29, 0.717) is 17.5 Å². The van der Waals surface area contributed by atoms with E-state index in [1.165, 1.54) is 5.56 Å². The second-order valence-electron chi connectivity index (χ2n) is 9.50. The number of rotatable bonds is 5. The van der Waals surface area contributed by atoms with E-state index in [1.807, 2.05) is 18.3 Å². The second-order valence-corrected chi connectivity index (χ2v) is 9.50. The van der Waals surface area contributed by atoms with E-state index in [4.69, 9.17) is 15.5 Å². The van der Waals surface area contributed by atoms with Gasteiger partial charge in [0.2, 0.25) is 0 Å². The van der Waals surface area contributed by atoms with Gasteiger partial charge in [-0.2, -0.15) is 0 Å². The average molecular weight is 446 g/mol. The van der Waals surface area contributed by atoms with Crippen LogP contribution in [0.25, 0.3) is 11.0 Å². The van der Waals surface area contributed by atoms with Crippen molar-refractivity contribution in [3.05, 3.63) is 59.7 Å². The second kappa shape index (κ2) is 9.53. The Labute approximate surface area is 194 Å². The van der Waals surface area contributed by atoms with E-state index in [2.05, 4.69) is 27.9 Å². The average Bonchev–Trinajstić information content (AvgIpc) is 2.83. The standard InChI is InChI=1S/C26H31N5O2/c1-17-10-21(27)16-31(15-17)25-4-7-28-13-20(25)12-26(32)23-3-2-22-24(30-23)11-19(14-29-22)18-5-8-33-9-6-18/h2-4,7,11,13-14,17-18,21H,5-6,8-10,12,15-16,27H2,1H3/t17-,21+/m1/s1. The van der Waals surface area contributed by atoms with Crippen LogP contribution in [0.5, 0.6) is 0 Å². The molecule has 5 heterocycles. The largest absolute Gasteiger partial charge is 0.381 e. The zero-order valence-electron chi connectivity index (χ0n) is 19.1. The van der Waals surface area contributed by atoms with Crippen LogP contribution in [0.1, 0.15) is 53.7 Å². The molecule has 7 nitrogen and oxygen atoms in total. The van der Waals surface area contributed by atoms with Crippen molar-refractivity contribution in [2.45, 2.75) is 44.6 Å². The molecule has 0 radical (unpaired) electrons. The van der Waals surface area contributed by atoms with E-state index in [9.17, 15) is 4.79 Å². The molecule has 172 valence electrons. The van der Waals surface area contributed by atoms with Crippen LogP contribution in [-0.2, 0) is 11.2 Å². The number of Topliss-reactive ketones (excluding diaryl/α,β-unsaturated/α-hetero) is 1. The summed E-state index contributed by atoms with van der Waals surface area (Å²) in [4.78, 5) is 29.1. The lowest BCUT2D eigenvalue weighted by atomic mass is 9.93. The van der Waals surface area contributed by atoms with Crippen molar-refractivity contribution in [3.8, 4) is 0 Å². The maximum atomic E-state index is 13.2. The minimum Gasteiger partial charge on any atom is -0.381 e. The molecule has 3 aromatic rings. The molecular formula is C26H31N5O2. The Morgan fingerprint density at radius 2 is 2.00 bits per heavy atom. The third-order valence-corrected chi connectivity index (χ3v) is 6.80. The minimum absolute atomic E-state index is 0.0167. The lowest BCUT2D eigenvalue weighted by molar-refractivity contribution is 0.0853. The number of nitrogens with zero attached hydrogens (tertiary/aromatic N) is 4. The van der Waals surface area contributed by atoms with E-state index < -0.39 is 0 Å². The highest BCUT2D eigenvalue weighted by Gasteiger charge is 2.25. The number of carbonyl (C=O) groups is 1. The zero-order chi connectivity index (χ0) is 22.8. The number of anilines is 1. The third-order valence-electron chi connectivity index (χ3n) is 6.80. The van der Waals surface area contributed by atoms with Gasteiger partial charge in [0.25, 0.3) is 0 Å². The molecule has 0 amide bonds. The van der Waals surface area contributed by atoms with Gasteiger partial charge >= 0.3 is 0 Å². The number of fused-ring (bicyclic) bond motifs is 1. The molecule has 3 aromatic heterocycles. The fraction of sp³-hybridized carbons (Fsp3) is 0.462. The quantitative estimate of drug-likeness (QED) is 0.601. The number of hydrogen-bond acceptors (Lipinski definition) is 7. The number of ketones is 1. The molecule has 2 aliphatic heterocycles. The van der Waals surface area contributed by atoms with Crippen LogP contribution in [0.3, 0.4) is 0 Å². The minimum atomic E-state index is -0.0167. The first-order valence-corrected chi connectivity index (χ1v) is 11.9. The summed E-state index contributed by atoms with van der Waals surface area (Å²) < 4.78 is 5.48. The van der Waals surface area contributed by atoms with Crippen molar-refractivity contribution in [2.24, 2.45) is 11.7 Å². The van der Waals surface area contributed by atoms with Gasteiger partial charge in [0.1, 0.15) is 5.69 Å². The van der Waals surface area contributed by atoms with E-state index in [1.54, 1.807) is 18.5 Å². The Morgan fingerprint density at radius 3 is 2.82 bits per heavy atom. The van der Waals surface area contributed by atoms with Gasteiger partial charge in [-0.15, -0.1) is 0 Å². The summed E-state index contributed by atoms with van der Waals surface area (Å²) in [5, 5.41) is 0. The van der Waals surface area contributed by atoms with Crippen LogP contribution < -0.4 is 10.6 Å². The van der Waals surface area contributed by atoms with Gasteiger partial charge in [-0.05, 0) is 60.9 Å². The SMILES string of the molecule is C[C@@H]1C[C@H](N)CN(c2ccncc2CC(=O)c2ccc3ncc(C4CCOCC4)cc3n2)C1. The fourth-order valence-corrected chi connectivity index (χ4v) is 5.16. The molecule has 0 spiro atoms. The van der Waals surface area contributed by atoms with Crippen LogP contribution in [-0.4, -0.2) is 53.1 Å². The van der Waals surface area contributed by atoms with Gasteiger partial charge < -0.3 is 15.4 Å². The van der Waals surface area contributed by atoms with Gasteiger partial charge in [-0.25, -0.2) is 4.98 Å². The molecule has 0 aromatic carbocycles. The Kier molecular flexibility index (Phi) is 6.33. The van der Waals surface area contributed by atoms with Crippen LogP contribution >= 0.6 is 0 Å². The molecule has 7 heteroatoms. The third kappa shape index (κ3) is 4.89. The first-order valence-electron chi connectivity index (χ1n) is 11.9. The summed E-state index contributed by atoms with van der Waals surface area (Å²) in [6, 6.07) is 7.89. The van der Waals surface area contributed by atoms with Crippen molar-refractivity contribution in [1.29, 1.82) is 0 Å². The highest BCUT2D eigenvalue weighted by atomic mass is 16.5. The van der Waals surface area contributed by atoms with Crippen LogP contribution in [0, 0.1) is 5.92 Å². The Balaban J connectivity index is 1.38. The van der Waals surface area contributed by atoms with Gasteiger partial charge in [0, 0.05) is 68.6 Å². The monoisotopic (exact) mass is 445 g/mol. The van der Waals surface area contributed by atoms with E-state index in [0.717, 1.165) is 67.8 Å². The number of carbonyl (C=O) groups excluding carboxylic acids is 1. The topological polar surface area (TPSA) is 94.2 Å². The van der Waals surface area contributed by atoms with Crippen LogP contribution in [0.15, 0.2) is 42.9 Å². The molecule has 2 saturated heterocycles. The molecule has 0 bridgehead atoms. The van der Waals surface area contributed by atoms with Crippen LogP contribution in [0.2, 0.25) is 0 Å². The molecule has 0 saturated carbocycles. The van der Waals surface area contributed by atoms with Gasteiger partial charge in [0.05, 0.1) is 11.0 Å². The molecule has 33 heavy (non-hydrogen) atoms. The first-order chi connectivity index (χ1) is 16.1. The molecule has 0 aliphatic carbocycles. The summed E-state index contributed by atoms with van der Waals surface area (Å²) in [6.45, 7) is 5.52.